The summed E-state index contributed by atoms with van der Waals surface area (Å²) >= 11 is 0. The van der Waals surface area contributed by atoms with Crippen molar-refractivity contribution in [3.63, 3.8) is 0 Å². The zero-order valence-electron chi connectivity index (χ0n) is 11.7. The van der Waals surface area contributed by atoms with Crippen LogP contribution >= 0.6 is 0 Å². The van der Waals surface area contributed by atoms with Crippen LogP contribution in [0.2, 0.25) is 0 Å². The molecule has 2 rings (SSSR count). The van der Waals surface area contributed by atoms with Gasteiger partial charge >= 0.3 is 0 Å². The van der Waals surface area contributed by atoms with Crippen LogP contribution in [0, 0.1) is 0 Å². The van der Waals surface area contributed by atoms with Crippen molar-refractivity contribution in [2.24, 2.45) is 5.14 Å². The van der Waals surface area contributed by atoms with Gasteiger partial charge in [0.05, 0.1) is 11.9 Å². The molecule has 0 radical (unpaired) electrons. The molecule has 1 unspecified atom stereocenters. The van der Waals surface area contributed by atoms with Crippen molar-refractivity contribution in [3.8, 4) is 0 Å². The Morgan fingerprint density at radius 1 is 1.33 bits per heavy atom. The topological polar surface area (TPSA) is 98.5 Å². The fourth-order valence-corrected chi connectivity index (χ4v) is 2.96. The summed E-state index contributed by atoms with van der Waals surface area (Å²) in [5.41, 5.74) is 1.24. The molecule has 0 saturated carbocycles. The molecule has 1 aliphatic heterocycles. The molecule has 0 bridgehead atoms. The minimum absolute atomic E-state index is 0.0651. The summed E-state index contributed by atoms with van der Waals surface area (Å²) in [6.45, 7) is 0.789. The van der Waals surface area contributed by atoms with E-state index in [0.29, 0.717) is 17.7 Å². The van der Waals surface area contributed by atoms with E-state index in [2.05, 4.69) is 5.32 Å². The zero-order valence-corrected chi connectivity index (χ0v) is 12.6. The normalized spacial score (nSPS) is 18.6. The number of anilines is 1. The van der Waals surface area contributed by atoms with E-state index in [1.165, 1.54) is 0 Å². The average Bonchev–Trinajstić information content (AvgIpc) is 2.90. The van der Waals surface area contributed by atoms with E-state index >= 15 is 0 Å². The maximum atomic E-state index is 11.8. The van der Waals surface area contributed by atoms with Crippen LogP contribution in [0.1, 0.15) is 31.2 Å². The molecule has 1 atom stereocenters. The number of sulfonamides is 1. The van der Waals surface area contributed by atoms with Gasteiger partial charge in [-0.25, -0.2) is 13.6 Å². The van der Waals surface area contributed by atoms with Crippen molar-refractivity contribution in [2.75, 3.05) is 11.9 Å². The summed E-state index contributed by atoms with van der Waals surface area (Å²) < 4.78 is 27.4. The van der Waals surface area contributed by atoms with Crippen molar-refractivity contribution in [3.05, 3.63) is 29.8 Å². The van der Waals surface area contributed by atoms with Crippen molar-refractivity contribution >= 4 is 21.6 Å². The molecular weight excluding hydrogens is 292 g/mol. The molecule has 0 aliphatic carbocycles. The lowest BCUT2D eigenvalue weighted by molar-refractivity contribution is -0.116. The molecule has 116 valence electrons. The quantitative estimate of drug-likeness (QED) is 0.829. The first-order valence-corrected chi connectivity index (χ1v) is 8.65. The maximum absolute atomic E-state index is 11.8. The summed E-state index contributed by atoms with van der Waals surface area (Å²) in [5, 5.41) is 7.76. The Hall–Kier alpha value is -1.44. The van der Waals surface area contributed by atoms with Crippen LogP contribution < -0.4 is 10.5 Å². The highest BCUT2D eigenvalue weighted by Gasteiger charge is 2.16. The van der Waals surface area contributed by atoms with Gasteiger partial charge in [-0.1, -0.05) is 12.1 Å². The fourth-order valence-electron chi connectivity index (χ4n) is 2.30. The second-order valence-electron chi connectivity index (χ2n) is 5.23. The average molecular weight is 312 g/mol. The number of carbonyl (C=O) groups excluding carboxylic acids is 1. The molecule has 1 amide bonds. The Morgan fingerprint density at radius 2 is 2.05 bits per heavy atom. The summed E-state index contributed by atoms with van der Waals surface area (Å²) in [5.74, 6) is -0.273. The molecule has 1 saturated heterocycles. The third-order valence-electron chi connectivity index (χ3n) is 3.32. The first-order valence-electron chi connectivity index (χ1n) is 6.93. The number of amides is 1. The molecule has 0 aromatic heterocycles. The standard InChI is InChI=1S/C14H20N2O4S/c15-21(18,19)10-11-3-5-12(6-4-11)16-14(17)8-7-13-2-1-9-20-13/h3-6,13H,1-2,7-10H2,(H,16,17)(H2,15,18,19). The van der Waals surface area contributed by atoms with Gasteiger partial charge in [0.25, 0.3) is 0 Å². The Labute approximate surface area is 124 Å². The first kappa shape index (κ1) is 15.9. The number of hydrogen-bond acceptors (Lipinski definition) is 4. The van der Waals surface area contributed by atoms with Crippen molar-refractivity contribution in [1.29, 1.82) is 0 Å². The van der Waals surface area contributed by atoms with Crippen LogP contribution in [0.3, 0.4) is 0 Å². The van der Waals surface area contributed by atoms with Crippen molar-refractivity contribution in [1.82, 2.24) is 0 Å². The molecule has 6 nitrogen and oxygen atoms in total. The minimum atomic E-state index is -3.53. The molecule has 3 N–H and O–H groups in total. The van der Waals surface area contributed by atoms with Crippen LogP contribution in [-0.4, -0.2) is 27.0 Å². The Bertz CT molecular complexity index is 577. The Kier molecular flexibility index (Phi) is 5.33. The number of nitrogens with one attached hydrogen (secondary N) is 1. The van der Waals surface area contributed by atoms with Crippen LogP contribution in [-0.2, 0) is 25.3 Å². The molecule has 1 aromatic carbocycles. The molecule has 1 aromatic rings. The molecule has 21 heavy (non-hydrogen) atoms. The third kappa shape index (κ3) is 5.82. The number of hydrogen-bond donors (Lipinski definition) is 2. The highest BCUT2D eigenvalue weighted by molar-refractivity contribution is 7.88. The van der Waals surface area contributed by atoms with E-state index in [0.717, 1.165) is 25.9 Å². The first-order chi connectivity index (χ1) is 9.92. The third-order valence-corrected chi connectivity index (χ3v) is 4.06. The van der Waals surface area contributed by atoms with Crippen LogP contribution in [0.25, 0.3) is 0 Å². The smallest absolute Gasteiger partial charge is 0.224 e. The van der Waals surface area contributed by atoms with Gasteiger partial charge in [-0.05, 0) is 37.0 Å². The summed E-state index contributed by atoms with van der Waals surface area (Å²) in [6.07, 6.45) is 3.44. The summed E-state index contributed by atoms with van der Waals surface area (Å²) in [7, 11) is -3.53. The molecule has 1 heterocycles. The zero-order chi connectivity index (χ0) is 15.3. The van der Waals surface area contributed by atoms with Crippen LogP contribution in [0.5, 0.6) is 0 Å². The van der Waals surface area contributed by atoms with Gasteiger partial charge in [0.1, 0.15) is 0 Å². The van der Waals surface area contributed by atoms with Gasteiger partial charge in [-0.15, -0.1) is 0 Å². The number of primary sulfonamides is 1. The van der Waals surface area contributed by atoms with Crippen molar-refractivity contribution in [2.45, 2.75) is 37.5 Å². The second kappa shape index (κ2) is 7.02. The molecule has 7 heteroatoms. The molecule has 0 spiro atoms. The van der Waals surface area contributed by atoms with Gasteiger partial charge in [0.15, 0.2) is 0 Å². The Morgan fingerprint density at radius 3 is 2.62 bits per heavy atom. The van der Waals surface area contributed by atoms with Gasteiger partial charge < -0.3 is 10.1 Å². The largest absolute Gasteiger partial charge is 0.378 e. The van der Waals surface area contributed by atoms with Gasteiger partial charge in [0, 0.05) is 18.7 Å². The van der Waals surface area contributed by atoms with Crippen molar-refractivity contribution < 1.29 is 17.9 Å². The maximum Gasteiger partial charge on any atom is 0.224 e. The summed E-state index contributed by atoms with van der Waals surface area (Å²) in [4.78, 5) is 11.8. The minimum Gasteiger partial charge on any atom is -0.378 e. The summed E-state index contributed by atoms with van der Waals surface area (Å²) in [6, 6.07) is 6.62. The highest BCUT2D eigenvalue weighted by atomic mass is 32.2. The monoisotopic (exact) mass is 312 g/mol. The van der Waals surface area contributed by atoms with E-state index in [9.17, 15) is 13.2 Å². The SMILES string of the molecule is NS(=O)(=O)Cc1ccc(NC(=O)CCC2CCCO2)cc1. The fraction of sp³-hybridized carbons (Fsp3) is 0.500. The number of carbonyl (C=O) groups is 1. The number of rotatable bonds is 6. The molecule has 1 fully saturated rings. The van der Waals surface area contributed by atoms with Crippen LogP contribution in [0.4, 0.5) is 5.69 Å². The van der Waals surface area contributed by atoms with E-state index in [-0.39, 0.29) is 17.8 Å². The molecular formula is C14H20N2O4S. The predicted molar refractivity (Wildman–Crippen MR) is 80.1 cm³/mol. The van der Waals surface area contributed by atoms with E-state index in [1.54, 1.807) is 24.3 Å². The number of benzene rings is 1. The van der Waals surface area contributed by atoms with Crippen LogP contribution in [0.15, 0.2) is 24.3 Å². The van der Waals surface area contributed by atoms with E-state index in [4.69, 9.17) is 9.88 Å². The van der Waals surface area contributed by atoms with Gasteiger partial charge in [0.2, 0.25) is 15.9 Å². The second-order valence-corrected chi connectivity index (χ2v) is 6.84. The predicted octanol–water partition coefficient (Wildman–Crippen LogP) is 1.37. The number of nitrogens with two attached hydrogens (primary N) is 1. The van der Waals surface area contributed by atoms with E-state index in [1.807, 2.05) is 0 Å². The lowest BCUT2D eigenvalue weighted by Crippen LogP contribution is -2.16. The molecule has 1 aliphatic rings. The van der Waals surface area contributed by atoms with Gasteiger partial charge in [-0.2, -0.15) is 0 Å². The highest BCUT2D eigenvalue weighted by Crippen LogP contribution is 2.17. The number of ether oxygens (including phenoxy) is 1. The Balaban J connectivity index is 1.80. The lowest BCUT2D eigenvalue weighted by atomic mass is 10.1. The lowest BCUT2D eigenvalue weighted by Gasteiger charge is -2.09. The van der Waals surface area contributed by atoms with Gasteiger partial charge in [-0.3, -0.25) is 4.79 Å². The van der Waals surface area contributed by atoms with E-state index < -0.39 is 10.0 Å².